The van der Waals surface area contributed by atoms with Gasteiger partial charge in [-0.1, -0.05) is 24.3 Å². The summed E-state index contributed by atoms with van der Waals surface area (Å²) in [6, 6.07) is 15.6. The van der Waals surface area contributed by atoms with Gasteiger partial charge in [-0.15, -0.1) is 0 Å². The molecule has 0 bridgehead atoms. The van der Waals surface area contributed by atoms with E-state index in [0.717, 1.165) is 11.5 Å². The maximum atomic E-state index is 4.57. The van der Waals surface area contributed by atoms with Crippen LogP contribution in [0.2, 0.25) is 0 Å². The minimum Gasteiger partial charge on any atom is -0.340 e. The molecule has 2 aromatic rings. The largest absolute Gasteiger partial charge is 0.340 e. The van der Waals surface area contributed by atoms with Gasteiger partial charge in [-0.2, -0.15) is 0 Å². The van der Waals surface area contributed by atoms with Gasteiger partial charge in [0.2, 0.25) is 0 Å². The van der Waals surface area contributed by atoms with Crippen LogP contribution in [-0.4, -0.2) is 22.5 Å². The molecule has 1 aromatic heterocycles. The molecular weight excluding hydrogens is 258 g/mol. The number of nitrogens with one attached hydrogen (secondary N) is 1. The van der Waals surface area contributed by atoms with Crippen LogP contribution in [0.1, 0.15) is 38.3 Å². The van der Waals surface area contributed by atoms with Crippen molar-refractivity contribution in [3.63, 3.8) is 0 Å². The van der Waals surface area contributed by atoms with Gasteiger partial charge in [0.15, 0.2) is 0 Å². The second-order valence-electron chi connectivity index (χ2n) is 5.96. The van der Waals surface area contributed by atoms with Gasteiger partial charge in [-0.25, -0.2) is 4.98 Å². The molecule has 1 aliphatic heterocycles. The summed E-state index contributed by atoms with van der Waals surface area (Å²) in [5.41, 5.74) is 2.40. The van der Waals surface area contributed by atoms with Gasteiger partial charge < -0.3 is 5.32 Å². The van der Waals surface area contributed by atoms with E-state index in [9.17, 15) is 0 Å². The second-order valence-corrected chi connectivity index (χ2v) is 5.96. The number of pyridine rings is 1. The summed E-state index contributed by atoms with van der Waals surface area (Å²) in [7, 11) is 0. The molecule has 1 aliphatic rings. The van der Waals surface area contributed by atoms with E-state index in [1.165, 1.54) is 24.9 Å². The first kappa shape index (κ1) is 14.1. The third kappa shape index (κ3) is 3.24. The average molecular weight is 281 g/mol. The first-order chi connectivity index (χ1) is 10.2. The van der Waals surface area contributed by atoms with E-state index in [1.54, 1.807) is 0 Å². The number of nitrogens with zero attached hydrogens (tertiary/aromatic N) is 2. The monoisotopic (exact) mass is 281 g/mol. The molecule has 0 amide bonds. The van der Waals surface area contributed by atoms with Crippen LogP contribution in [-0.2, 0) is 0 Å². The van der Waals surface area contributed by atoms with E-state index in [1.807, 2.05) is 36.5 Å². The number of hydrogen-bond acceptors (Lipinski definition) is 3. The topological polar surface area (TPSA) is 28.2 Å². The summed E-state index contributed by atoms with van der Waals surface area (Å²) in [5, 5.41) is 3.33. The summed E-state index contributed by atoms with van der Waals surface area (Å²) in [4.78, 5) is 7.15. The van der Waals surface area contributed by atoms with Gasteiger partial charge in [-0.3, -0.25) is 4.90 Å². The van der Waals surface area contributed by atoms with Crippen molar-refractivity contribution in [2.45, 2.75) is 38.8 Å². The molecule has 1 aromatic carbocycles. The smallest absolute Gasteiger partial charge is 0.130 e. The zero-order valence-electron chi connectivity index (χ0n) is 12.8. The van der Waals surface area contributed by atoms with Crippen LogP contribution >= 0.6 is 0 Å². The molecule has 1 fully saturated rings. The lowest BCUT2D eigenvalue weighted by atomic mass is 10.1. The molecule has 0 spiro atoms. The molecule has 0 radical (unpaired) electrons. The van der Waals surface area contributed by atoms with Gasteiger partial charge in [0.1, 0.15) is 5.82 Å². The van der Waals surface area contributed by atoms with Crippen molar-refractivity contribution in [2.24, 2.45) is 0 Å². The SMILES string of the molecule is CC(C)N1CCC[C@H]1c1ccc(Nc2ccccc2)nc1. The number of benzene rings is 1. The van der Waals surface area contributed by atoms with E-state index in [-0.39, 0.29) is 0 Å². The summed E-state index contributed by atoms with van der Waals surface area (Å²) < 4.78 is 0. The maximum Gasteiger partial charge on any atom is 0.130 e. The van der Waals surface area contributed by atoms with E-state index in [2.05, 4.69) is 41.2 Å². The lowest BCUT2D eigenvalue weighted by Gasteiger charge is -2.28. The molecule has 1 atom stereocenters. The number of aromatic nitrogens is 1. The zero-order chi connectivity index (χ0) is 14.7. The summed E-state index contributed by atoms with van der Waals surface area (Å²) >= 11 is 0. The van der Waals surface area contributed by atoms with Crippen LogP contribution in [0.3, 0.4) is 0 Å². The summed E-state index contributed by atoms with van der Waals surface area (Å²) in [6.07, 6.45) is 4.55. The molecule has 3 heteroatoms. The van der Waals surface area contributed by atoms with Crippen LogP contribution in [0, 0.1) is 0 Å². The van der Waals surface area contributed by atoms with Crippen molar-refractivity contribution in [1.82, 2.24) is 9.88 Å². The molecule has 1 N–H and O–H groups in total. The molecular formula is C18H23N3. The molecule has 3 rings (SSSR count). The minimum absolute atomic E-state index is 0.531. The van der Waals surface area contributed by atoms with E-state index < -0.39 is 0 Å². The fraction of sp³-hybridized carbons (Fsp3) is 0.389. The Balaban J connectivity index is 1.72. The van der Waals surface area contributed by atoms with Crippen LogP contribution in [0.15, 0.2) is 48.7 Å². The van der Waals surface area contributed by atoms with Gasteiger partial charge >= 0.3 is 0 Å². The Hall–Kier alpha value is -1.87. The van der Waals surface area contributed by atoms with Crippen LogP contribution < -0.4 is 5.32 Å². The molecule has 0 aliphatic carbocycles. The number of rotatable bonds is 4. The van der Waals surface area contributed by atoms with Gasteiger partial charge in [0, 0.05) is 24.0 Å². The minimum atomic E-state index is 0.531. The van der Waals surface area contributed by atoms with Gasteiger partial charge in [0.25, 0.3) is 0 Å². The normalized spacial score (nSPS) is 19.1. The predicted octanol–water partition coefficient (Wildman–Crippen LogP) is 4.37. The third-order valence-electron chi connectivity index (χ3n) is 4.17. The highest BCUT2D eigenvalue weighted by Crippen LogP contribution is 2.33. The zero-order valence-corrected chi connectivity index (χ0v) is 12.8. The standard InChI is InChI=1S/C18H23N3/c1-14(2)21-12-6-9-17(21)15-10-11-18(19-13-15)20-16-7-4-3-5-8-16/h3-5,7-8,10-11,13-14,17H,6,9,12H2,1-2H3,(H,19,20)/t17-/m0/s1. The Morgan fingerprint density at radius 3 is 2.62 bits per heavy atom. The molecule has 2 heterocycles. The molecule has 110 valence electrons. The first-order valence-corrected chi connectivity index (χ1v) is 7.78. The Morgan fingerprint density at radius 1 is 1.14 bits per heavy atom. The highest BCUT2D eigenvalue weighted by Gasteiger charge is 2.27. The average Bonchev–Trinajstić information content (AvgIpc) is 2.99. The van der Waals surface area contributed by atoms with Crippen molar-refractivity contribution in [2.75, 3.05) is 11.9 Å². The Morgan fingerprint density at radius 2 is 1.95 bits per heavy atom. The lowest BCUT2D eigenvalue weighted by Crippen LogP contribution is -2.30. The molecule has 3 nitrogen and oxygen atoms in total. The summed E-state index contributed by atoms with van der Waals surface area (Å²) in [6.45, 7) is 5.75. The highest BCUT2D eigenvalue weighted by atomic mass is 15.2. The third-order valence-corrected chi connectivity index (χ3v) is 4.17. The Kier molecular flexibility index (Phi) is 4.20. The number of hydrogen-bond donors (Lipinski definition) is 1. The summed E-state index contributed by atoms with van der Waals surface area (Å²) in [5.74, 6) is 0.902. The van der Waals surface area contributed by atoms with E-state index >= 15 is 0 Å². The van der Waals surface area contributed by atoms with Crippen molar-refractivity contribution < 1.29 is 0 Å². The van der Waals surface area contributed by atoms with Crippen molar-refractivity contribution in [1.29, 1.82) is 0 Å². The van der Waals surface area contributed by atoms with Gasteiger partial charge in [0.05, 0.1) is 0 Å². The first-order valence-electron chi connectivity index (χ1n) is 7.78. The van der Waals surface area contributed by atoms with Crippen LogP contribution in [0.25, 0.3) is 0 Å². The lowest BCUT2D eigenvalue weighted by molar-refractivity contribution is 0.205. The molecule has 0 saturated carbocycles. The fourth-order valence-corrected chi connectivity index (χ4v) is 3.11. The van der Waals surface area contributed by atoms with Crippen molar-refractivity contribution in [3.05, 3.63) is 54.2 Å². The Bertz CT molecular complexity index is 563. The van der Waals surface area contributed by atoms with Gasteiger partial charge in [-0.05, 0) is 57.0 Å². The quantitative estimate of drug-likeness (QED) is 0.902. The fourth-order valence-electron chi connectivity index (χ4n) is 3.11. The molecule has 21 heavy (non-hydrogen) atoms. The molecule has 1 saturated heterocycles. The number of para-hydroxylation sites is 1. The van der Waals surface area contributed by atoms with Crippen LogP contribution in [0.4, 0.5) is 11.5 Å². The van der Waals surface area contributed by atoms with Crippen molar-refractivity contribution in [3.8, 4) is 0 Å². The Labute approximate surface area is 127 Å². The highest BCUT2D eigenvalue weighted by molar-refractivity contribution is 5.55. The maximum absolute atomic E-state index is 4.57. The number of anilines is 2. The van der Waals surface area contributed by atoms with E-state index in [4.69, 9.17) is 0 Å². The van der Waals surface area contributed by atoms with Crippen LogP contribution in [0.5, 0.6) is 0 Å². The van der Waals surface area contributed by atoms with E-state index in [0.29, 0.717) is 12.1 Å². The number of likely N-dealkylation sites (tertiary alicyclic amines) is 1. The predicted molar refractivity (Wildman–Crippen MR) is 87.8 cm³/mol. The second kappa shape index (κ2) is 6.27. The van der Waals surface area contributed by atoms with Crippen molar-refractivity contribution >= 4 is 11.5 Å². The molecule has 0 unspecified atom stereocenters.